The maximum Gasteiger partial charge on any atom is 0.315 e. The number of carbonyl (C=O) groups is 2. The average Bonchev–Trinajstić information content (AvgIpc) is 2.96. The number of hydrogen-bond acceptors (Lipinski definition) is 2. The lowest BCUT2D eigenvalue weighted by Crippen LogP contribution is -2.43. The molecule has 26 heavy (non-hydrogen) atoms. The summed E-state index contributed by atoms with van der Waals surface area (Å²) >= 11 is 5.85. The Balaban J connectivity index is 1.40. The molecule has 0 spiro atoms. The van der Waals surface area contributed by atoms with Crippen LogP contribution in [0, 0.1) is 0 Å². The molecule has 6 heteroatoms. The van der Waals surface area contributed by atoms with Crippen LogP contribution < -0.4 is 10.6 Å². The Morgan fingerprint density at radius 3 is 2.54 bits per heavy atom. The number of nitrogens with one attached hydrogen (secondary N) is 2. The summed E-state index contributed by atoms with van der Waals surface area (Å²) in [6.07, 6.45) is 1.08. The molecule has 0 radical (unpaired) electrons. The zero-order chi connectivity index (χ0) is 18.4. The number of urea groups is 1. The molecule has 0 bridgehead atoms. The van der Waals surface area contributed by atoms with Crippen molar-refractivity contribution in [1.29, 1.82) is 0 Å². The molecule has 1 saturated heterocycles. The third-order valence-electron chi connectivity index (χ3n) is 4.38. The molecule has 1 unspecified atom stereocenters. The smallest absolute Gasteiger partial charge is 0.315 e. The van der Waals surface area contributed by atoms with Gasteiger partial charge in [0, 0.05) is 31.1 Å². The lowest BCUT2D eigenvalue weighted by atomic mass is 10.1. The van der Waals surface area contributed by atoms with Crippen molar-refractivity contribution in [2.75, 3.05) is 13.1 Å². The highest BCUT2D eigenvalue weighted by Crippen LogP contribution is 2.15. The van der Waals surface area contributed by atoms with Crippen LogP contribution in [0.1, 0.15) is 17.5 Å². The Labute approximate surface area is 158 Å². The van der Waals surface area contributed by atoms with Gasteiger partial charge in [-0.15, -0.1) is 0 Å². The van der Waals surface area contributed by atoms with E-state index in [9.17, 15) is 9.59 Å². The molecule has 2 aromatic rings. The van der Waals surface area contributed by atoms with Crippen LogP contribution in [-0.4, -0.2) is 36.0 Å². The van der Waals surface area contributed by atoms with E-state index in [1.54, 1.807) is 4.90 Å². The first kappa shape index (κ1) is 18.3. The van der Waals surface area contributed by atoms with Crippen molar-refractivity contribution in [3.05, 3.63) is 70.7 Å². The average molecular weight is 372 g/mol. The Morgan fingerprint density at radius 2 is 1.81 bits per heavy atom. The highest BCUT2D eigenvalue weighted by atomic mass is 35.5. The van der Waals surface area contributed by atoms with Gasteiger partial charge in [0.05, 0.1) is 6.04 Å². The van der Waals surface area contributed by atoms with Crippen LogP contribution in [0.25, 0.3) is 0 Å². The van der Waals surface area contributed by atoms with Gasteiger partial charge in [-0.25, -0.2) is 4.79 Å². The van der Waals surface area contributed by atoms with Gasteiger partial charge in [0.2, 0.25) is 5.91 Å². The van der Waals surface area contributed by atoms with E-state index in [1.165, 1.54) is 0 Å². The van der Waals surface area contributed by atoms with E-state index in [1.807, 2.05) is 54.6 Å². The summed E-state index contributed by atoms with van der Waals surface area (Å²) in [6.45, 7) is 1.65. The number of likely N-dealkylation sites (tertiary alicyclic amines) is 1. The molecule has 5 nitrogen and oxygen atoms in total. The van der Waals surface area contributed by atoms with Crippen LogP contribution in [0.3, 0.4) is 0 Å². The fourth-order valence-electron chi connectivity index (χ4n) is 3.03. The number of rotatable bonds is 6. The van der Waals surface area contributed by atoms with E-state index in [0.29, 0.717) is 31.1 Å². The van der Waals surface area contributed by atoms with E-state index < -0.39 is 0 Å². The van der Waals surface area contributed by atoms with Gasteiger partial charge in [0.1, 0.15) is 0 Å². The third-order valence-corrected chi connectivity index (χ3v) is 4.63. The van der Waals surface area contributed by atoms with Crippen molar-refractivity contribution in [3.63, 3.8) is 0 Å². The molecule has 1 aliphatic rings. The van der Waals surface area contributed by atoms with Crippen molar-refractivity contribution >= 4 is 23.5 Å². The molecular formula is C20H22ClN3O2. The van der Waals surface area contributed by atoms with Crippen LogP contribution >= 0.6 is 11.6 Å². The quantitative estimate of drug-likeness (QED) is 0.820. The maximum atomic E-state index is 12.1. The minimum Gasteiger partial charge on any atom is -0.338 e. The van der Waals surface area contributed by atoms with Crippen LogP contribution in [0.5, 0.6) is 0 Å². The van der Waals surface area contributed by atoms with Crippen molar-refractivity contribution in [2.45, 2.75) is 25.4 Å². The van der Waals surface area contributed by atoms with Gasteiger partial charge in [0.25, 0.3) is 0 Å². The molecule has 2 aromatic carbocycles. The standard InChI is InChI=1S/C20H22ClN3O2/c21-17-8-6-15(7-9-17)10-11-22-20(26)23-18-12-19(25)24(14-18)13-16-4-2-1-3-5-16/h1-9,18H,10-14H2,(H2,22,23,26). The molecule has 3 rings (SSSR count). The largest absolute Gasteiger partial charge is 0.338 e. The van der Waals surface area contributed by atoms with Crippen LogP contribution in [-0.2, 0) is 17.8 Å². The Morgan fingerprint density at radius 1 is 1.08 bits per heavy atom. The van der Waals surface area contributed by atoms with Gasteiger partial charge in [-0.3, -0.25) is 4.79 Å². The first-order valence-electron chi connectivity index (χ1n) is 8.70. The second-order valence-corrected chi connectivity index (χ2v) is 6.87. The zero-order valence-electron chi connectivity index (χ0n) is 14.5. The van der Waals surface area contributed by atoms with Gasteiger partial charge in [-0.2, -0.15) is 0 Å². The lowest BCUT2D eigenvalue weighted by molar-refractivity contribution is -0.128. The lowest BCUT2D eigenvalue weighted by Gasteiger charge is -2.17. The molecule has 3 amide bonds. The highest BCUT2D eigenvalue weighted by molar-refractivity contribution is 6.30. The molecule has 1 fully saturated rings. The predicted molar refractivity (Wildman–Crippen MR) is 102 cm³/mol. The van der Waals surface area contributed by atoms with E-state index in [2.05, 4.69) is 10.6 Å². The van der Waals surface area contributed by atoms with Crippen molar-refractivity contribution < 1.29 is 9.59 Å². The number of carbonyl (C=O) groups excluding carboxylic acids is 2. The van der Waals surface area contributed by atoms with Crippen LogP contribution in [0.2, 0.25) is 5.02 Å². The van der Waals surface area contributed by atoms with E-state index in [4.69, 9.17) is 11.6 Å². The first-order valence-corrected chi connectivity index (χ1v) is 9.08. The van der Waals surface area contributed by atoms with Gasteiger partial charge in [-0.05, 0) is 29.7 Å². The summed E-state index contributed by atoms with van der Waals surface area (Å²) in [6, 6.07) is 17.0. The maximum absolute atomic E-state index is 12.1. The normalized spacial score (nSPS) is 16.6. The Kier molecular flexibility index (Phi) is 6.12. The van der Waals surface area contributed by atoms with Crippen molar-refractivity contribution in [1.82, 2.24) is 15.5 Å². The monoisotopic (exact) mass is 371 g/mol. The second kappa shape index (κ2) is 8.72. The number of benzene rings is 2. The summed E-state index contributed by atoms with van der Waals surface area (Å²) in [5, 5.41) is 6.43. The summed E-state index contributed by atoms with van der Waals surface area (Å²) in [5.41, 5.74) is 2.20. The Hall–Kier alpha value is -2.53. The SMILES string of the molecule is O=C(NCCc1ccc(Cl)cc1)NC1CC(=O)N(Cc2ccccc2)C1. The molecular weight excluding hydrogens is 350 g/mol. The van der Waals surface area contributed by atoms with Gasteiger partial charge in [-0.1, -0.05) is 54.1 Å². The van der Waals surface area contributed by atoms with E-state index in [0.717, 1.165) is 17.5 Å². The minimum absolute atomic E-state index is 0.0697. The first-order chi connectivity index (χ1) is 12.6. The number of hydrogen-bond donors (Lipinski definition) is 2. The summed E-state index contributed by atoms with van der Waals surface area (Å²) in [4.78, 5) is 26.0. The summed E-state index contributed by atoms with van der Waals surface area (Å²) < 4.78 is 0. The highest BCUT2D eigenvalue weighted by Gasteiger charge is 2.30. The van der Waals surface area contributed by atoms with E-state index in [-0.39, 0.29) is 18.0 Å². The molecule has 1 heterocycles. The van der Waals surface area contributed by atoms with Crippen molar-refractivity contribution in [3.8, 4) is 0 Å². The molecule has 0 aromatic heterocycles. The number of nitrogens with zero attached hydrogens (tertiary/aromatic N) is 1. The minimum atomic E-state index is -0.238. The second-order valence-electron chi connectivity index (χ2n) is 6.44. The van der Waals surface area contributed by atoms with Crippen LogP contribution in [0.15, 0.2) is 54.6 Å². The van der Waals surface area contributed by atoms with Gasteiger partial charge >= 0.3 is 6.03 Å². The topological polar surface area (TPSA) is 61.4 Å². The Bertz CT molecular complexity index is 749. The number of halogens is 1. The molecule has 1 aliphatic heterocycles. The molecule has 0 saturated carbocycles. The number of amides is 3. The third kappa shape index (κ3) is 5.23. The van der Waals surface area contributed by atoms with Gasteiger partial charge in [0.15, 0.2) is 0 Å². The van der Waals surface area contributed by atoms with E-state index >= 15 is 0 Å². The van der Waals surface area contributed by atoms with Crippen LogP contribution in [0.4, 0.5) is 4.79 Å². The fourth-order valence-corrected chi connectivity index (χ4v) is 3.16. The molecule has 136 valence electrons. The zero-order valence-corrected chi connectivity index (χ0v) is 15.2. The summed E-state index contributed by atoms with van der Waals surface area (Å²) in [5.74, 6) is 0.0697. The molecule has 1 atom stereocenters. The fraction of sp³-hybridized carbons (Fsp3) is 0.300. The molecule has 2 N–H and O–H groups in total. The van der Waals surface area contributed by atoms with Gasteiger partial charge < -0.3 is 15.5 Å². The van der Waals surface area contributed by atoms with Crippen molar-refractivity contribution in [2.24, 2.45) is 0 Å². The molecule has 0 aliphatic carbocycles. The predicted octanol–water partition coefficient (Wildman–Crippen LogP) is 2.98. The summed E-state index contributed by atoms with van der Waals surface area (Å²) in [7, 11) is 0.